The van der Waals surface area contributed by atoms with Gasteiger partial charge in [-0.3, -0.25) is 0 Å². The standard InChI is InChI=1S/C9H21N/c1-6-9(4,5)7(2)8(3)10/h7-8H,6,10H2,1-5H3. The van der Waals surface area contributed by atoms with Gasteiger partial charge in [-0.25, -0.2) is 0 Å². The summed E-state index contributed by atoms with van der Waals surface area (Å²) in [6.45, 7) is 11.1. The molecule has 0 aromatic heterocycles. The number of nitrogens with two attached hydrogens (primary N) is 1. The molecule has 0 radical (unpaired) electrons. The first-order valence-electron chi connectivity index (χ1n) is 4.17. The second-order valence-corrected chi connectivity index (χ2v) is 3.99. The Balaban J connectivity index is 4.03. The minimum Gasteiger partial charge on any atom is -0.328 e. The van der Waals surface area contributed by atoms with Crippen LogP contribution in [-0.2, 0) is 0 Å². The lowest BCUT2D eigenvalue weighted by Gasteiger charge is -2.33. The molecular weight excluding hydrogens is 122 g/mol. The summed E-state index contributed by atoms with van der Waals surface area (Å²) in [6, 6.07) is 0.315. The summed E-state index contributed by atoms with van der Waals surface area (Å²) in [5, 5.41) is 0. The van der Waals surface area contributed by atoms with Crippen LogP contribution in [0.1, 0.15) is 41.0 Å². The summed E-state index contributed by atoms with van der Waals surface area (Å²) < 4.78 is 0. The molecule has 62 valence electrons. The Kier molecular flexibility index (Phi) is 3.37. The van der Waals surface area contributed by atoms with E-state index in [0.717, 1.165) is 0 Å². The number of rotatable bonds is 3. The van der Waals surface area contributed by atoms with Crippen molar-refractivity contribution < 1.29 is 0 Å². The monoisotopic (exact) mass is 143 g/mol. The normalized spacial score (nSPS) is 18.6. The fourth-order valence-electron chi connectivity index (χ4n) is 1.03. The second kappa shape index (κ2) is 3.38. The maximum Gasteiger partial charge on any atom is 0.00412 e. The van der Waals surface area contributed by atoms with Crippen LogP contribution in [-0.4, -0.2) is 6.04 Å². The van der Waals surface area contributed by atoms with Gasteiger partial charge in [-0.2, -0.15) is 0 Å². The van der Waals surface area contributed by atoms with E-state index in [-0.39, 0.29) is 0 Å². The molecule has 0 aromatic carbocycles. The molecule has 0 aliphatic rings. The molecule has 0 bridgehead atoms. The third-order valence-corrected chi connectivity index (χ3v) is 2.93. The Labute approximate surface area is 65.0 Å². The average Bonchev–Trinajstić information content (AvgIpc) is 1.86. The van der Waals surface area contributed by atoms with Crippen LogP contribution < -0.4 is 5.73 Å². The van der Waals surface area contributed by atoms with Crippen LogP contribution in [0.15, 0.2) is 0 Å². The maximum atomic E-state index is 5.80. The largest absolute Gasteiger partial charge is 0.328 e. The molecule has 0 heterocycles. The van der Waals surface area contributed by atoms with E-state index in [1.165, 1.54) is 6.42 Å². The molecule has 0 amide bonds. The van der Waals surface area contributed by atoms with E-state index in [2.05, 4.69) is 34.6 Å². The average molecular weight is 143 g/mol. The molecule has 0 spiro atoms. The van der Waals surface area contributed by atoms with Gasteiger partial charge in [0.05, 0.1) is 0 Å². The topological polar surface area (TPSA) is 26.0 Å². The second-order valence-electron chi connectivity index (χ2n) is 3.99. The molecule has 2 N–H and O–H groups in total. The van der Waals surface area contributed by atoms with E-state index >= 15 is 0 Å². The van der Waals surface area contributed by atoms with E-state index in [1.807, 2.05) is 0 Å². The highest BCUT2D eigenvalue weighted by molar-refractivity contribution is 4.78. The Morgan fingerprint density at radius 3 is 1.80 bits per heavy atom. The molecule has 10 heavy (non-hydrogen) atoms. The van der Waals surface area contributed by atoms with E-state index < -0.39 is 0 Å². The predicted molar refractivity (Wildman–Crippen MR) is 46.9 cm³/mol. The van der Waals surface area contributed by atoms with Crippen LogP contribution in [0.4, 0.5) is 0 Å². The molecular formula is C9H21N. The minimum absolute atomic E-state index is 0.315. The van der Waals surface area contributed by atoms with Gasteiger partial charge in [0.2, 0.25) is 0 Å². The quantitative estimate of drug-likeness (QED) is 0.645. The van der Waals surface area contributed by atoms with Crippen LogP contribution in [0.25, 0.3) is 0 Å². The third kappa shape index (κ3) is 2.30. The first-order valence-corrected chi connectivity index (χ1v) is 4.17. The Bertz CT molecular complexity index is 94.9. The number of hydrogen-bond acceptors (Lipinski definition) is 1. The Hall–Kier alpha value is -0.0400. The van der Waals surface area contributed by atoms with Crippen molar-refractivity contribution in [3.8, 4) is 0 Å². The third-order valence-electron chi connectivity index (χ3n) is 2.93. The smallest absolute Gasteiger partial charge is 0.00412 e. The highest BCUT2D eigenvalue weighted by atomic mass is 14.6. The number of hydrogen-bond donors (Lipinski definition) is 1. The van der Waals surface area contributed by atoms with Crippen LogP contribution in [0.2, 0.25) is 0 Å². The van der Waals surface area contributed by atoms with Crippen molar-refractivity contribution in [2.24, 2.45) is 17.1 Å². The summed E-state index contributed by atoms with van der Waals surface area (Å²) in [5.41, 5.74) is 6.19. The molecule has 0 saturated carbocycles. The van der Waals surface area contributed by atoms with Crippen molar-refractivity contribution in [1.82, 2.24) is 0 Å². The van der Waals surface area contributed by atoms with Gasteiger partial charge in [0.15, 0.2) is 0 Å². The van der Waals surface area contributed by atoms with Gasteiger partial charge in [0, 0.05) is 6.04 Å². The molecule has 0 saturated heterocycles. The Morgan fingerprint density at radius 2 is 1.70 bits per heavy atom. The van der Waals surface area contributed by atoms with Gasteiger partial charge >= 0.3 is 0 Å². The highest BCUT2D eigenvalue weighted by Crippen LogP contribution is 2.31. The molecule has 0 fully saturated rings. The van der Waals surface area contributed by atoms with Gasteiger partial charge < -0.3 is 5.73 Å². The summed E-state index contributed by atoms with van der Waals surface area (Å²) in [5.74, 6) is 0.609. The predicted octanol–water partition coefficient (Wildman–Crippen LogP) is 2.41. The zero-order chi connectivity index (χ0) is 8.36. The highest BCUT2D eigenvalue weighted by Gasteiger charge is 2.25. The van der Waals surface area contributed by atoms with Crippen molar-refractivity contribution in [2.45, 2.75) is 47.1 Å². The van der Waals surface area contributed by atoms with Gasteiger partial charge in [0.25, 0.3) is 0 Å². The van der Waals surface area contributed by atoms with Gasteiger partial charge in [0.1, 0.15) is 0 Å². The van der Waals surface area contributed by atoms with Crippen molar-refractivity contribution >= 4 is 0 Å². The summed E-state index contributed by atoms with van der Waals surface area (Å²) in [7, 11) is 0. The molecule has 1 nitrogen and oxygen atoms in total. The van der Waals surface area contributed by atoms with E-state index in [0.29, 0.717) is 17.4 Å². The van der Waals surface area contributed by atoms with Gasteiger partial charge in [-0.15, -0.1) is 0 Å². The van der Waals surface area contributed by atoms with Crippen molar-refractivity contribution in [1.29, 1.82) is 0 Å². The van der Waals surface area contributed by atoms with Crippen LogP contribution in [0.3, 0.4) is 0 Å². The molecule has 0 rings (SSSR count). The lowest BCUT2D eigenvalue weighted by molar-refractivity contribution is 0.195. The minimum atomic E-state index is 0.315. The van der Waals surface area contributed by atoms with Crippen LogP contribution >= 0.6 is 0 Å². The van der Waals surface area contributed by atoms with Crippen molar-refractivity contribution in [2.75, 3.05) is 0 Å². The van der Waals surface area contributed by atoms with Crippen molar-refractivity contribution in [3.63, 3.8) is 0 Å². The van der Waals surface area contributed by atoms with E-state index in [9.17, 15) is 0 Å². The maximum absolute atomic E-state index is 5.80. The molecule has 0 aromatic rings. The van der Waals surface area contributed by atoms with Crippen LogP contribution in [0.5, 0.6) is 0 Å². The van der Waals surface area contributed by atoms with E-state index in [4.69, 9.17) is 5.73 Å². The zero-order valence-electron chi connectivity index (χ0n) is 7.94. The Morgan fingerprint density at radius 1 is 1.30 bits per heavy atom. The van der Waals surface area contributed by atoms with Gasteiger partial charge in [-0.05, 0) is 18.3 Å². The first-order chi connectivity index (χ1) is 4.41. The SMILES string of the molecule is CCC(C)(C)C(C)C(C)N. The molecule has 2 atom stereocenters. The van der Waals surface area contributed by atoms with E-state index in [1.54, 1.807) is 0 Å². The molecule has 0 aliphatic heterocycles. The molecule has 1 heteroatoms. The zero-order valence-corrected chi connectivity index (χ0v) is 7.94. The summed E-state index contributed by atoms with van der Waals surface area (Å²) in [4.78, 5) is 0. The summed E-state index contributed by atoms with van der Waals surface area (Å²) >= 11 is 0. The van der Waals surface area contributed by atoms with Crippen molar-refractivity contribution in [3.05, 3.63) is 0 Å². The summed E-state index contributed by atoms with van der Waals surface area (Å²) in [6.07, 6.45) is 1.20. The fraction of sp³-hybridized carbons (Fsp3) is 1.00. The van der Waals surface area contributed by atoms with Crippen LogP contribution in [0, 0.1) is 11.3 Å². The fourth-order valence-corrected chi connectivity index (χ4v) is 1.03. The van der Waals surface area contributed by atoms with Gasteiger partial charge in [-0.1, -0.05) is 34.1 Å². The first kappa shape index (κ1) is 9.96. The molecule has 0 aliphatic carbocycles. The molecule has 2 unspecified atom stereocenters. The lowest BCUT2D eigenvalue weighted by Crippen LogP contribution is -2.35. The lowest BCUT2D eigenvalue weighted by atomic mass is 9.75.